The van der Waals surface area contributed by atoms with E-state index >= 15 is 0 Å². The van der Waals surface area contributed by atoms with Crippen molar-refractivity contribution in [1.82, 2.24) is 0 Å². The summed E-state index contributed by atoms with van der Waals surface area (Å²) in [5.41, 5.74) is -0.0536. The third-order valence-electron chi connectivity index (χ3n) is 2.97. The first-order valence-electron chi connectivity index (χ1n) is 5.52. The molecule has 0 fully saturated rings. The van der Waals surface area contributed by atoms with E-state index in [9.17, 15) is 15.0 Å². The molecule has 0 amide bonds. The van der Waals surface area contributed by atoms with Crippen LogP contribution < -0.4 is 4.74 Å². The molecule has 2 N–H and O–H groups in total. The monoisotopic (exact) mass is 236 g/mol. The minimum atomic E-state index is -1.14. The van der Waals surface area contributed by atoms with Crippen LogP contribution in [0.3, 0.4) is 0 Å². The van der Waals surface area contributed by atoms with Crippen molar-refractivity contribution in [2.45, 2.75) is 38.6 Å². The van der Waals surface area contributed by atoms with Crippen molar-refractivity contribution in [2.75, 3.05) is 0 Å². The topological polar surface area (TPSA) is 66.8 Å². The number of rotatable bonds is 2. The number of hydrogen-bond donors (Lipinski definition) is 2. The molecule has 92 valence electrons. The van der Waals surface area contributed by atoms with Gasteiger partial charge in [-0.3, -0.25) is 4.79 Å². The number of ether oxygens (including phenoxy) is 1. The van der Waals surface area contributed by atoms with Gasteiger partial charge in [-0.05, 0) is 39.0 Å². The van der Waals surface area contributed by atoms with Crippen LogP contribution in [0.15, 0.2) is 18.2 Å². The predicted molar refractivity (Wildman–Crippen MR) is 62.1 cm³/mol. The molecule has 17 heavy (non-hydrogen) atoms. The molecule has 0 unspecified atom stereocenters. The Morgan fingerprint density at radius 2 is 2.06 bits per heavy atom. The maximum Gasteiger partial charge on any atom is 0.159 e. The van der Waals surface area contributed by atoms with Crippen LogP contribution in [0, 0.1) is 0 Å². The van der Waals surface area contributed by atoms with Crippen LogP contribution in [0.25, 0.3) is 0 Å². The lowest BCUT2D eigenvalue weighted by Gasteiger charge is -2.27. The number of Topliss-reactive ketones (excluding diaryl/α,β-unsaturated/α-hetero) is 1. The SMILES string of the molecule is CC(=O)c1ccc2c(c1)[C@@H](O)[C@@H](C(C)(C)O)O2. The fourth-order valence-electron chi connectivity index (χ4n) is 2.00. The standard InChI is InChI=1S/C13H16O4/c1-7(14)8-4-5-10-9(6-8)11(15)12(17-10)13(2,3)16/h4-6,11-12,15-16H,1-3H3/t11-,12+/m1/s1. The van der Waals surface area contributed by atoms with E-state index in [2.05, 4.69) is 0 Å². The van der Waals surface area contributed by atoms with E-state index < -0.39 is 17.8 Å². The van der Waals surface area contributed by atoms with Gasteiger partial charge in [-0.2, -0.15) is 0 Å². The van der Waals surface area contributed by atoms with Crippen molar-refractivity contribution in [1.29, 1.82) is 0 Å². The van der Waals surface area contributed by atoms with Crippen molar-refractivity contribution < 1.29 is 19.7 Å². The lowest BCUT2D eigenvalue weighted by molar-refractivity contribution is -0.0762. The molecule has 1 heterocycles. The second kappa shape index (κ2) is 3.82. The minimum Gasteiger partial charge on any atom is -0.484 e. The second-order valence-electron chi connectivity index (χ2n) is 4.95. The van der Waals surface area contributed by atoms with Crippen LogP contribution >= 0.6 is 0 Å². The Kier molecular flexibility index (Phi) is 2.72. The molecule has 0 spiro atoms. The molecular weight excluding hydrogens is 220 g/mol. The minimum absolute atomic E-state index is 0.0632. The van der Waals surface area contributed by atoms with E-state index in [-0.39, 0.29) is 5.78 Å². The zero-order chi connectivity index (χ0) is 12.8. The Balaban J connectivity index is 2.39. The van der Waals surface area contributed by atoms with E-state index in [1.54, 1.807) is 32.0 Å². The fourth-order valence-corrected chi connectivity index (χ4v) is 2.00. The van der Waals surface area contributed by atoms with E-state index in [1.165, 1.54) is 6.92 Å². The van der Waals surface area contributed by atoms with Gasteiger partial charge in [0.1, 0.15) is 11.9 Å². The second-order valence-corrected chi connectivity index (χ2v) is 4.95. The molecule has 2 rings (SSSR count). The molecule has 1 aromatic carbocycles. The summed E-state index contributed by atoms with van der Waals surface area (Å²) in [6.45, 7) is 4.63. The average Bonchev–Trinajstić information content (AvgIpc) is 2.55. The fraction of sp³-hybridized carbons (Fsp3) is 0.462. The quantitative estimate of drug-likeness (QED) is 0.763. The van der Waals surface area contributed by atoms with Crippen LogP contribution in [0.2, 0.25) is 0 Å². The summed E-state index contributed by atoms with van der Waals surface area (Å²) in [6.07, 6.45) is -1.62. The normalized spacial score (nSPS) is 23.1. The van der Waals surface area contributed by atoms with Gasteiger partial charge in [0.2, 0.25) is 0 Å². The molecule has 0 aliphatic carbocycles. The smallest absolute Gasteiger partial charge is 0.159 e. The molecule has 0 aromatic heterocycles. The number of aliphatic hydroxyl groups is 2. The molecule has 0 radical (unpaired) electrons. The summed E-state index contributed by atoms with van der Waals surface area (Å²) in [7, 11) is 0. The number of carbonyl (C=O) groups excluding carboxylic acids is 1. The molecule has 2 atom stereocenters. The van der Waals surface area contributed by atoms with Crippen LogP contribution in [-0.2, 0) is 0 Å². The Morgan fingerprint density at radius 1 is 1.41 bits per heavy atom. The van der Waals surface area contributed by atoms with Gasteiger partial charge in [-0.15, -0.1) is 0 Å². The van der Waals surface area contributed by atoms with Crippen molar-refractivity contribution in [3.8, 4) is 5.75 Å². The number of ketones is 1. The van der Waals surface area contributed by atoms with E-state index in [0.29, 0.717) is 16.9 Å². The van der Waals surface area contributed by atoms with Gasteiger partial charge in [-0.25, -0.2) is 0 Å². The van der Waals surface area contributed by atoms with Gasteiger partial charge in [0.05, 0.1) is 5.60 Å². The highest BCUT2D eigenvalue weighted by Gasteiger charge is 2.42. The number of benzene rings is 1. The zero-order valence-electron chi connectivity index (χ0n) is 10.1. The van der Waals surface area contributed by atoms with Gasteiger partial charge in [-0.1, -0.05) is 0 Å². The predicted octanol–water partition coefficient (Wildman–Crippen LogP) is 1.45. The Morgan fingerprint density at radius 3 is 2.59 bits per heavy atom. The summed E-state index contributed by atoms with van der Waals surface area (Å²) in [4.78, 5) is 11.3. The van der Waals surface area contributed by atoms with Gasteiger partial charge in [0, 0.05) is 11.1 Å². The molecular formula is C13H16O4. The van der Waals surface area contributed by atoms with Gasteiger partial charge >= 0.3 is 0 Å². The Hall–Kier alpha value is -1.39. The van der Waals surface area contributed by atoms with Crippen molar-refractivity contribution in [3.05, 3.63) is 29.3 Å². The molecule has 4 heteroatoms. The van der Waals surface area contributed by atoms with E-state index in [1.807, 2.05) is 0 Å². The first kappa shape index (κ1) is 12.1. The highest BCUT2D eigenvalue weighted by atomic mass is 16.5. The van der Waals surface area contributed by atoms with Gasteiger partial charge in [0.25, 0.3) is 0 Å². The summed E-state index contributed by atoms with van der Waals surface area (Å²) in [5, 5.41) is 20.0. The number of hydrogen-bond acceptors (Lipinski definition) is 4. The Bertz CT molecular complexity index is 459. The number of fused-ring (bicyclic) bond motifs is 1. The van der Waals surface area contributed by atoms with Crippen LogP contribution in [0.4, 0.5) is 0 Å². The largest absolute Gasteiger partial charge is 0.484 e. The zero-order valence-corrected chi connectivity index (χ0v) is 10.1. The highest BCUT2D eigenvalue weighted by Crippen LogP contribution is 2.40. The lowest BCUT2D eigenvalue weighted by Crippen LogP contribution is -2.41. The molecule has 1 aromatic rings. The molecule has 4 nitrogen and oxygen atoms in total. The highest BCUT2D eigenvalue weighted by molar-refractivity contribution is 5.94. The maximum atomic E-state index is 11.3. The first-order chi connectivity index (χ1) is 7.80. The molecule has 0 saturated heterocycles. The summed E-state index contributed by atoms with van der Waals surface area (Å²) < 4.78 is 5.51. The third kappa shape index (κ3) is 2.06. The van der Waals surface area contributed by atoms with Crippen molar-refractivity contribution >= 4 is 5.78 Å². The van der Waals surface area contributed by atoms with Crippen LogP contribution in [0.1, 0.15) is 42.8 Å². The lowest BCUT2D eigenvalue weighted by atomic mass is 9.93. The number of carbonyl (C=O) groups is 1. The molecule has 1 aliphatic rings. The summed E-state index contributed by atoms with van der Waals surface area (Å²) in [5.74, 6) is 0.460. The van der Waals surface area contributed by atoms with Crippen molar-refractivity contribution in [2.24, 2.45) is 0 Å². The third-order valence-corrected chi connectivity index (χ3v) is 2.97. The summed E-state index contributed by atoms with van der Waals surface area (Å²) in [6, 6.07) is 4.93. The molecule has 0 bridgehead atoms. The Labute approximate surface area is 99.8 Å². The average molecular weight is 236 g/mol. The molecule has 0 saturated carbocycles. The van der Waals surface area contributed by atoms with E-state index in [0.717, 1.165) is 0 Å². The van der Waals surface area contributed by atoms with E-state index in [4.69, 9.17) is 4.74 Å². The van der Waals surface area contributed by atoms with Crippen molar-refractivity contribution in [3.63, 3.8) is 0 Å². The van der Waals surface area contributed by atoms with Crippen LogP contribution in [0.5, 0.6) is 5.75 Å². The summed E-state index contributed by atoms with van der Waals surface area (Å²) >= 11 is 0. The molecule has 1 aliphatic heterocycles. The number of aliphatic hydroxyl groups excluding tert-OH is 1. The maximum absolute atomic E-state index is 11.3. The van der Waals surface area contributed by atoms with Gasteiger partial charge < -0.3 is 14.9 Å². The van der Waals surface area contributed by atoms with Crippen LogP contribution in [-0.4, -0.2) is 27.7 Å². The van der Waals surface area contributed by atoms with Gasteiger partial charge in [0.15, 0.2) is 11.9 Å². The first-order valence-corrected chi connectivity index (χ1v) is 5.52.